The highest BCUT2D eigenvalue weighted by Gasteiger charge is 2.25. The van der Waals surface area contributed by atoms with Crippen LogP contribution in [0.5, 0.6) is 0 Å². The van der Waals surface area contributed by atoms with Crippen molar-refractivity contribution in [2.75, 3.05) is 46.2 Å². The Balaban J connectivity index is 0.00000312. The van der Waals surface area contributed by atoms with E-state index in [1.807, 2.05) is 18.8 Å². The first kappa shape index (κ1) is 23.3. The molecule has 2 aliphatic rings. The Morgan fingerprint density at radius 2 is 2.00 bits per heavy atom. The largest absolute Gasteiger partial charge is 0.379 e. The maximum atomic E-state index is 5.51. The third kappa shape index (κ3) is 8.22. The fourth-order valence-electron chi connectivity index (χ4n) is 3.74. The highest BCUT2D eigenvalue weighted by atomic mass is 127. The van der Waals surface area contributed by atoms with E-state index in [0.29, 0.717) is 18.0 Å². The lowest BCUT2D eigenvalue weighted by molar-refractivity contribution is 0.0132. The van der Waals surface area contributed by atoms with Gasteiger partial charge in [-0.3, -0.25) is 9.89 Å². The maximum absolute atomic E-state index is 5.51. The number of rotatable bonds is 7. The van der Waals surface area contributed by atoms with Crippen molar-refractivity contribution in [3.63, 3.8) is 0 Å². The minimum atomic E-state index is 0. The van der Waals surface area contributed by atoms with Gasteiger partial charge in [-0.15, -0.1) is 24.0 Å². The lowest BCUT2D eigenvalue weighted by Crippen LogP contribution is -2.52. The number of thioether (sulfide) groups is 1. The molecule has 0 aromatic heterocycles. The molecule has 0 bridgehead atoms. The maximum Gasteiger partial charge on any atom is 0.191 e. The molecule has 1 aliphatic heterocycles. The van der Waals surface area contributed by atoms with Crippen LogP contribution in [0.25, 0.3) is 0 Å². The van der Waals surface area contributed by atoms with E-state index in [4.69, 9.17) is 4.74 Å². The van der Waals surface area contributed by atoms with Crippen molar-refractivity contribution in [3.05, 3.63) is 0 Å². The first-order valence-electron chi connectivity index (χ1n) is 9.44. The van der Waals surface area contributed by atoms with Crippen LogP contribution in [0.4, 0.5) is 0 Å². The van der Waals surface area contributed by atoms with Crippen LogP contribution >= 0.6 is 35.7 Å². The minimum absolute atomic E-state index is 0. The van der Waals surface area contributed by atoms with Crippen LogP contribution in [0.15, 0.2) is 4.99 Å². The Morgan fingerprint density at radius 1 is 1.28 bits per heavy atom. The van der Waals surface area contributed by atoms with Crippen molar-refractivity contribution in [2.24, 2.45) is 10.9 Å². The van der Waals surface area contributed by atoms with E-state index in [9.17, 15) is 0 Å². The molecule has 148 valence electrons. The van der Waals surface area contributed by atoms with Gasteiger partial charge in [0.2, 0.25) is 0 Å². The van der Waals surface area contributed by atoms with Gasteiger partial charge in [0.15, 0.2) is 5.96 Å². The van der Waals surface area contributed by atoms with Gasteiger partial charge in [0, 0.05) is 44.0 Å². The smallest absolute Gasteiger partial charge is 0.191 e. The number of guanidine groups is 1. The fourth-order valence-corrected chi connectivity index (χ4v) is 4.53. The molecule has 3 atom stereocenters. The topological polar surface area (TPSA) is 48.9 Å². The van der Waals surface area contributed by atoms with Gasteiger partial charge in [0.05, 0.1) is 13.2 Å². The van der Waals surface area contributed by atoms with Crippen LogP contribution < -0.4 is 10.6 Å². The summed E-state index contributed by atoms with van der Waals surface area (Å²) in [7, 11) is 1.88. The van der Waals surface area contributed by atoms with E-state index in [1.165, 1.54) is 25.7 Å². The molecule has 5 nitrogen and oxygen atoms in total. The van der Waals surface area contributed by atoms with Crippen LogP contribution in [-0.4, -0.2) is 74.3 Å². The SMILES string of the molecule is CN=C(NCC(CC(C)C)N1CCOCC1)NC1CCC(SC)C1.I. The molecule has 3 unspecified atom stereocenters. The molecular weight excluding hydrogens is 447 g/mol. The van der Waals surface area contributed by atoms with Crippen LogP contribution in [0.2, 0.25) is 0 Å². The molecule has 1 saturated heterocycles. The predicted molar refractivity (Wildman–Crippen MR) is 120 cm³/mol. The molecule has 0 amide bonds. The Kier molecular flexibility index (Phi) is 11.8. The van der Waals surface area contributed by atoms with Gasteiger partial charge >= 0.3 is 0 Å². The normalized spacial score (nSPS) is 26.4. The van der Waals surface area contributed by atoms with Gasteiger partial charge in [-0.2, -0.15) is 11.8 Å². The van der Waals surface area contributed by atoms with E-state index in [0.717, 1.165) is 44.1 Å². The molecule has 2 N–H and O–H groups in total. The number of nitrogens with zero attached hydrogens (tertiary/aromatic N) is 2. The lowest BCUT2D eigenvalue weighted by Gasteiger charge is -2.36. The monoisotopic (exact) mass is 484 g/mol. The summed E-state index contributed by atoms with van der Waals surface area (Å²) in [6, 6.07) is 1.12. The van der Waals surface area contributed by atoms with Crippen LogP contribution in [0, 0.1) is 5.92 Å². The zero-order chi connectivity index (χ0) is 17.4. The number of hydrogen-bond acceptors (Lipinski definition) is 4. The van der Waals surface area contributed by atoms with E-state index in [1.54, 1.807) is 0 Å². The molecule has 7 heteroatoms. The first-order valence-corrected chi connectivity index (χ1v) is 10.7. The van der Waals surface area contributed by atoms with Gasteiger partial charge in [-0.1, -0.05) is 13.8 Å². The fraction of sp³-hybridized carbons (Fsp3) is 0.944. The number of halogens is 1. The average Bonchev–Trinajstić information content (AvgIpc) is 3.05. The summed E-state index contributed by atoms with van der Waals surface area (Å²) in [6.07, 6.45) is 7.26. The second kappa shape index (κ2) is 12.6. The molecule has 25 heavy (non-hydrogen) atoms. The number of ether oxygens (including phenoxy) is 1. The third-order valence-electron chi connectivity index (χ3n) is 5.09. The molecule has 0 aromatic carbocycles. The molecule has 0 radical (unpaired) electrons. The minimum Gasteiger partial charge on any atom is -0.379 e. The highest BCUT2D eigenvalue weighted by molar-refractivity contribution is 14.0. The Labute approximate surface area is 175 Å². The van der Waals surface area contributed by atoms with Gasteiger partial charge < -0.3 is 15.4 Å². The quantitative estimate of drug-likeness (QED) is 0.331. The summed E-state index contributed by atoms with van der Waals surface area (Å²) >= 11 is 2.00. The van der Waals surface area contributed by atoms with Crippen LogP contribution in [-0.2, 0) is 4.74 Å². The summed E-state index contributed by atoms with van der Waals surface area (Å²) in [4.78, 5) is 7.02. The summed E-state index contributed by atoms with van der Waals surface area (Å²) in [5, 5.41) is 8.01. The number of hydrogen-bond donors (Lipinski definition) is 2. The highest BCUT2D eigenvalue weighted by Crippen LogP contribution is 2.28. The number of aliphatic imine (C=N–C) groups is 1. The zero-order valence-corrected chi connectivity index (χ0v) is 19.4. The van der Waals surface area contributed by atoms with E-state index < -0.39 is 0 Å². The van der Waals surface area contributed by atoms with E-state index in [2.05, 4.69) is 40.6 Å². The van der Waals surface area contributed by atoms with Crippen molar-refractivity contribution >= 4 is 41.7 Å². The second-order valence-corrected chi connectivity index (χ2v) is 8.53. The van der Waals surface area contributed by atoms with Crippen molar-refractivity contribution in [2.45, 2.75) is 56.9 Å². The van der Waals surface area contributed by atoms with Crippen molar-refractivity contribution in [3.8, 4) is 0 Å². The van der Waals surface area contributed by atoms with Crippen molar-refractivity contribution in [1.82, 2.24) is 15.5 Å². The van der Waals surface area contributed by atoms with Crippen LogP contribution in [0.3, 0.4) is 0 Å². The predicted octanol–water partition coefficient (Wildman–Crippen LogP) is 2.80. The molecule has 2 fully saturated rings. The van der Waals surface area contributed by atoms with E-state index in [-0.39, 0.29) is 24.0 Å². The average molecular weight is 484 g/mol. The summed E-state index contributed by atoms with van der Waals surface area (Å²) in [5.41, 5.74) is 0. The second-order valence-electron chi connectivity index (χ2n) is 7.40. The number of morpholine rings is 1. The molecule has 1 aliphatic carbocycles. The van der Waals surface area contributed by atoms with Gasteiger partial charge in [-0.25, -0.2) is 0 Å². The van der Waals surface area contributed by atoms with Gasteiger partial charge in [0.25, 0.3) is 0 Å². The van der Waals surface area contributed by atoms with Gasteiger partial charge in [-0.05, 0) is 37.9 Å². The van der Waals surface area contributed by atoms with Crippen molar-refractivity contribution < 1.29 is 4.74 Å². The summed E-state index contributed by atoms with van der Waals surface area (Å²) < 4.78 is 5.51. The molecule has 2 rings (SSSR count). The first-order chi connectivity index (χ1) is 11.6. The van der Waals surface area contributed by atoms with Crippen molar-refractivity contribution in [1.29, 1.82) is 0 Å². The molecule has 0 aromatic rings. The Hall–Kier alpha value is 0.270. The molecule has 1 saturated carbocycles. The molecule has 0 spiro atoms. The molecular formula is C18H37IN4OS. The lowest BCUT2D eigenvalue weighted by atomic mass is 10.0. The summed E-state index contributed by atoms with van der Waals surface area (Å²) in [6.45, 7) is 9.38. The zero-order valence-electron chi connectivity index (χ0n) is 16.3. The Morgan fingerprint density at radius 3 is 2.56 bits per heavy atom. The molecule has 1 heterocycles. The Bertz CT molecular complexity index is 391. The third-order valence-corrected chi connectivity index (χ3v) is 6.19. The van der Waals surface area contributed by atoms with Crippen LogP contribution in [0.1, 0.15) is 39.5 Å². The van der Waals surface area contributed by atoms with E-state index >= 15 is 0 Å². The summed E-state index contributed by atoms with van der Waals surface area (Å²) in [5.74, 6) is 1.66. The number of nitrogens with one attached hydrogen (secondary N) is 2. The standard InChI is InChI=1S/C18H36N4OS.HI/c1-14(2)11-16(22-7-9-23-10-8-22)13-20-18(19-3)21-15-5-6-17(12-15)24-4;/h14-17H,5-13H2,1-4H3,(H2,19,20,21);1H. The van der Waals surface area contributed by atoms with Gasteiger partial charge in [0.1, 0.15) is 0 Å².